The molecule has 0 unspecified atom stereocenters. The molecule has 1 aliphatic heterocycles. The van der Waals surface area contributed by atoms with E-state index in [1.165, 1.54) is 10.4 Å². The maximum atomic E-state index is 12.6. The molecule has 0 fully saturated rings. The number of hydrogen-bond donors (Lipinski definition) is 0. The van der Waals surface area contributed by atoms with E-state index in [2.05, 4.69) is 53.9 Å². The Bertz CT molecular complexity index is 794. The Labute approximate surface area is 162 Å². The summed E-state index contributed by atoms with van der Waals surface area (Å²) < 4.78 is 12.3. The van der Waals surface area contributed by atoms with Crippen molar-refractivity contribution in [3.05, 3.63) is 39.2 Å². The summed E-state index contributed by atoms with van der Waals surface area (Å²) in [7, 11) is -1.22. The van der Waals surface area contributed by atoms with Gasteiger partial charge in [-0.3, -0.25) is 0 Å². The van der Waals surface area contributed by atoms with Crippen molar-refractivity contribution in [3.8, 4) is 16.2 Å². The van der Waals surface area contributed by atoms with Gasteiger partial charge in [-0.25, -0.2) is 4.79 Å². The molecule has 0 spiro atoms. The van der Waals surface area contributed by atoms with Crippen molar-refractivity contribution < 1.29 is 14.3 Å². The molecule has 0 bridgehead atoms. The summed E-state index contributed by atoms with van der Waals surface area (Å²) in [4.78, 5) is 13.7. The summed E-state index contributed by atoms with van der Waals surface area (Å²) >= 11 is 5.20. The molecule has 1 aliphatic rings. The number of ether oxygens (including phenoxy) is 2. The molecule has 0 amide bonds. The van der Waals surface area contributed by atoms with Crippen molar-refractivity contribution in [1.29, 1.82) is 0 Å². The lowest BCUT2D eigenvalue weighted by Gasteiger charge is -2.17. The van der Waals surface area contributed by atoms with Gasteiger partial charge < -0.3 is 9.47 Å². The standard InChI is InChI=1S/C19H23BrO3SSi/c1-12-9-13-5-7-24-18(13)15-10-14(16(20)11-17(15)23-12)19(21)22-6-8-25(2,3)4/h5,7,10-12H,6,8-9H2,1-4H3/t12-/m0/s1. The summed E-state index contributed by atoms with van der Waals surface area (Å²) in [5.41, 5.74) is 2.82. The molecule has 6 heteroatoms. The molecule has 3 nitrogen and oxygen atoms in total. The van der Waals surface area contributed by atoms with E-state index in [4.69, 9.17) is 9.47 Å². The van der Waals surface area contributed by atoms with Crippen LogP contribution in [0.15, 0.2) is 28.1 Å². The van der Waals surface area contributed by atoms with Crippen LogP contribution >= 0.6 is 27.3 Å². The molecule has 0 aliphatic carbocycles. The molecule has 3 rings (SSSR count). The maximum absolute atomic E-state index is 12.6. The van der Waals surface area contributed by atoms with E-state index < -0.39 is 8.07 Å². The second-order valence-corrected chi connectivity index (χ2v) is 15.1. The van der Waals surface area contributed by atoms with Gasteiger partial charge in [0.25, 0.3) is 0 Å². The molecule has 0 saturated heterocycles. The molecule has 1 aromatic carbocycles. The number of benzene rings is 1. The third kappa shape index (κ3) is 4.35. The van der Waals surface area contributed by atoms with Crippen LogP contribution in [-0.4, -0.2) is 26.8 Å². The van der Waals surface area contributed by atoms with Gasteiger partial charge in [0.2, 0.25) is 0 Å². The summed E-state index contributed by atoms with van der Waals surface area (Å²) in [5, 5.41) is 2.10. The smallest absolute Gasteiger partial charge is 0.339 e. The highest BCUT2D eigenvalue weighted by Gasteiger charge is 2.24. The highest BCUT2D eigenvalue weighted by atomic mass is 79.9. The van der Waals surface area contributed by atoms with E-state index in [9.17, 15) is 4.79 Å². The van der Waals surface area contributed by atoms with Gasteiger partial charge in [-0.2, -0.15) is 0 Å². The van der Waals surface area contributed by atoms with Gasteiger partial charge in [-0.1, -0.05) is 19.6 Å². The fourth-order valence-corrected chi connectivity index (χ4v) is 4.97. The number of carbonyl (C=O) groups excluding carboxylic acids is 1. The number of rotatable bonds is 4. The molecule has 1 aromatic heterocycles. The molecule has 0 radical (unpaired) electrons. The summed E-state index contributed by atoms with van der Waals surface area (Å²) in [5.74, 6) is 0.544. The van der Waals surface area contributed by atoms with Crippen molar-refractivity contribution in [2.24, 2.45) is 0 Å². The van der Waals surface area contributed by atoms with Crippen molar-refractivity contribution in [2.75, 3.05) is 6.61 Å². The number of halogens is 1. The third-order valence-electron chi connectivity index (χ3n) is 4.20. The number of esters is 1. The highest BCUT2D eigenvalue weighted by Crippen LogP contribution is 2.42. The van der Waals surface area contributed by atoms with Gasteiger partial charge in [0.15, 0.2) is 0 Å². The second-order valence-electron chi connectivity index (χ2n) is 7.68. The van der Waals surface area contributed by atoms with Gasteiger partial charge in [-0.05, 0) is 58.0 Å². The van der Waals surface area contributed by atoms with E-state index in [1.807, 2.05) is 12.1 Å². The van der Waals surface area contributed by atoms with Crippen LogP contribution in [0.4, 0.5) is 0 Å². The third-order valence-corrected chi connectivity index (χ3v) is 7.55. The minimum atomic E-state index is -1.22. The number of fused-ring (bicyclic) bond motifs is 3. The van der Waals surface area contributed by atoms with Crippen molar-refractivity contribution in [3.63, 3.8) is 0 Å². The predicted molar refractivity (Wildman–Crippen MR) is 110 cm³/mol. The van der Waals surface area contributed by atoms with Gasteiger partial charge in [0.1, 0.15) is 11.9 Å². The number of thiophene rings is 1. The second kappa shape index (κ2) is 7.25. The SMILES string of the molecule is C[C@H]1Cc2ccsc2-c2cc(C(=O)OCC[Si](C)(C)C)c(Br)cc2O1. The minimum absolute atomic E-state index is 0.107. The molecule has 0 N–H and O–H groups in total. The summed E-state index contributed by atoms with van der Waals surface area (Å²) in [6.07, 6.45) is 0.984. The Morgan fingerprint density at radius 1 is 1.40 bits per heavy atom. The monoisotopic (exact) mass is 438 g/mol. The average molecular weight is 439 g/mol. The van der Waals surface area contributed by atoms with Gasteiger partial charge >= 0.3 is 5.97 Å². The molecule has 0 saturated carbocycles. The first-order valence-corrected chi connectivity index (χ1v) is 13.9. The van der Waals surface area contributed by atoms with Crippen molar-refractivity contribution in [1.82, 2.24) is 0 Å². The van der Waals surface area contributed by atoms with Crippen LogP contribution in [0.3, 0.4) is 0 Å². The molecule has 1 atom stereocenters. The molecular formula is C19H23BrO3SSi. The number of hydrogen-bond acceptors (Lipinski definition) is 4. The van der Waals surface area contributed by atoms with E-state index in [1.54, 1.807) is 11.3 Å². The zero-order chi connectivity index (χ0) is 18.2. The topological polar surface area (TPSA) is 35.5 Å². The van der Waals surface area contributed by atoms with E-state index in [0.717, 1.165) is 28.3 Å². The summed E-state index contributed by atoms with van der Waals surface area (Å²) in [6, 6.07) is 6.92. The molecule has 134 valence electrons. The van der Waals surface area contributed by atoms with Crippen molar-refractivity contribution >= 4 is 41.3 Å². The first-order valence-electron chi connectivity index (χ1n) is 8.48. The van der Waals surface area contributed by atoms with Crippen LogP contribution in [-0.2, 0) is 11.2 Å². The molecule has 2 aromatic rings. The highest BCUT2D eigenvalue weighted by molar-refractivity contribution is 9.10. The molecule has 25 heavy (non-hydrogen) atoms. The first kappa shape index (κ1) is 18.7. The Kier molecular flexibility index (Phi) is 5.41. The minimum Gasteiger partial charge on any atom is -0.490 e. The quantitative estimate of drug-likeness (QED) is 0.433. The van der Waals surface area contributed by atoms with Crippen LogP contribution in [0, 0.1) is 0 Å². The van der Waals surface area contributed by atoms with E-state index in [-0.39, 0.29) is 12.1 Å². The van der Waals surface area contributed by atoms with Crippen LogP contribution in [0.25, 0.3) is 10.4 Å². The number of carbonyl (C=O) groups is 1. The maximum Gasteiger partial charge on any atom is 0.339 e. The Morgan fingerprint density at radius 3 is 2.88 bits per heavy atom. The molecule has 2 heterocycles. The Balaban J connectivity index is 1.90. The van der Waals surface area contributed by atoms with Crippen LogP contribution < -0.4 is 4.74 Å². The van der Waals surface area contributed by atoms with Gasteiger partial charge in [0.05, 0.1) is 12.2 Å². The lowest BCUT2D eigenvalue weighted by Crippen LogP contribution is -2.22. The molecular weight excluding hydrogens is 416 g/mol. The lowest BCUT2D eigenvalue weighted by molar-refractivity contribution is 0.0524. The van der Waals surface area contributed by atoms with Crippen LogP contribution in [0.5, 0.6) is 5.75 Å². The van der Waals surface area contributed by atoms with Crippen molar-refractivity contribution in [2.45, 2.75) is 45.1 Å². The summed E-state index contributed by atoms with van der Waals surface area (Å²) in [6.45, 7) is 9.38. The van der Waals surface area contributed by atoms with Crippen LogP contribution in [0.2, 0.25) is 25.7 Å². The van der Waals surface area contributed by atoms with E-state index >= 15 is 0 Å². The normalized spacial score (nSPS) is 16.4. The first-order chi connectivity index (χ1) is 11.7. The zero-order valence-electron chi connectivity index (χ0n) is 15.0. The fraction of sp³-hybridized carbons (Fsp3) is 0.421. The largest absolute Gasteiger partial charge is 0.490 e. The van der Waals surface area contributed by atoms with Gasteiger partial charge in [-0.15, -0.1) is 11.3 Å². The predicted octanol–water partition coefficient (Wildman–Crippen LogP) is 6.00. The Hall–Kier alpha value is -1.11. The Morgan fingerprint density at radius 2 is 2.16 bits per heavy atom. The zero-order valence-corrected chi connectivity index (χ0v) is 18.4. The fourth-order valence-electron chi connectivity index (χ4n) is 2.81. The van der Waals surface area contributed by atoms with Crippen LogP contribution in [0.1, 0.15) is 22.8 Å². The average Bonchev–Trinajstić information content (AvgIpc) is 2.89. The lowest BCUT2D eigenvalue weighted by atomic mass is 10.0. The van der Waals surface area contributed by atoms with E-state index in [0.29, 0.717) is 12.2 Å². The van der Waals surface area contributed by atoms with Gasteiger partial charge in [0, 0.05) is 29.4 Å².